The topological polar surface area (TPSA) is 66.5 Å². The van der Waals surface area contributed by atoms with E-state index < -0.39 is 0 Å². The second-order valence-corrected chi connectivity index (χ2v) is 7.97. The quantitative estimate of drug-likeness (QED) is 0.369. The molecule has 1 aliphatic heterocycles. The van der Waals surface area contributed by atoms with Crippen molar-refractivity contribution in [2.24, 2.45) is 22.6 Å². The Bertz CT molecular complexity index is 495. The van der Waals surface area contributed by atoms with Crippen molar-refractivity contribution in [2.75, 3.05) is 26.2 Å². The number of hydrogen-bond donors (Lipinski definition) is 2. The van der Waals surface area contributed by atoms with Crippen molar-refractivity contribution in [2.45, 2.75) is 46.6 Å². The number of aliphatic imine (C=N–C) groups is 1. The Balaban J connectivity index is 0.00000288. The second-order valence-electron chi connectivity index (χ2n) is 6.91. The lowest BCUT2D eigenvalue weighted by Gasteiger charge is -2.30. The minimum absolute atomic E-state index is 0. The number of guanidine groups is 1. The number of aryl methyl sites for hydroxylation is 1. The Morgan fingerprint density at radius 3 is 2.75 bits per heavy atom. The summed E-state index contributed by atoms with van der Waals surface area (Å²) in [6.45, 7) is 11.5. The third-order valence-electron chi connectivity index (χ3n) is 4.31. The average Bonchev–Trinajstić information content (AvgIpc) is 2.91. The summed E-state index contributed by atoms with van der Waals surface area (Å²) < 4.78 is 0. The van der Waals surface area contributed by atoms with E-state index in [2.05, 4.69) is 46.3 Å². The van der Waals surface area contributed by atoms with Gasteiger partial charge in [0.05, 0.1) is 10.7 Å². The lowest BCUT2D eigenvalue weighted by Crippen LogP contribution is -2.36. The minimum atomic E-state index is 0. The zero-order valence-corrected chi connectivity index (χ0v) is 18.3. The highest BCUT2D eigenvalue weighted by Gasteiger charge is 2.19. The second kappa shape index (κ2) is 11.3. The number of nitrogens with one attached hydrogen (secondary N) is 1. The van der Waals surface area contributed by atoms with E-state index in [1.54, 1.807) is 11.3 Å². The molecule has 0 saturated carbocycles. The molecule has 24 heavy (non-hydrogen) atoms. The molecule has 0 bridgehead atoms. The van der Waals surface area contributed by atoms with E-state index in [9.17, 15) is 0 Å². The molecule has 1 fully saturated rings. The largest absolute Gasteiger partial charge is 0.370 e. The molecule has 1 aromatic heterocycles. The van der Waals surface area contributed by atoms with Crippen LogP contribution in [0.3, 0.4) is 0 Å². The third-order valence-corrected chi connectivity index (χ3v) is 5.13. The van der Waals surface area contributed by atoms with E-state index >= 15 is 0 Å². The average molecular weight is 465 g/mol. The molecule has 2 heterocycles. The van der Waals surface area contributed by atoms with E-state index in [-0.39, 0.29) is 24.0 Å². The molecule has 7 heteroatoms. The van der Waals surface area contributed by atoms with Crippen LogP contribution in [-0.4, -0.2) is 42.0 Å². The van der Waals surface area contributed by atoms with Crippen molar-refractivity contribution in [3.05, 3.63) is 16.1 Å². The first-order valence-electron chi connectivity index (χ1n) is 8.70. The lowest BCUT2D eigenvalue weighted by molar-refractivity contribution is 0.179. The summed E-state index contributed by atoms with van der Waals surface area (Å²) >= 11 is 1.74. The molecule has 0 unspecified atom stereocenters. The van der Waals surface area contributed by atoms with Gasteiger partial charge in [0.1, 0.15) is 0 Å². The fraction of sp³-hybridized carbons (Fsp3) is 0.765. The summed E-state index contributed by atoms with van der Waals surface area (Å²) in [6.07, 6.45) is 3.53. The van der Waals surface area contributed by atoms with Crippen LogP contribution in [0.2, 0.25) is 0 Å². The van der Waals surface area contributed by atoms with Gasteiger partial charge in [-0.1, -0.05) is 13.8 Å². The summed E-state index contributed by atoms with van der Waals surface area (Å²) in [4.78, 5) is 11.6. The Morgan fingerprint density at radius 1 is 1.46 bits per heavy atom. The highest BCUT2D eigenvalue weighted by Crippen LogP contribution is 2.20. The smallest absolute Gasteiger partial charge is 0.188 e. The van der Waals surface area contributed by atoms with Crippen molar-refractivity contribution >= 4 is 41.3 Å². The Labute approximate surface area is 167 Å². The fourth-order valence-electron chi connectivity index (χ4n) is 2.81. The van der Waals surface area contributed by atoms with Gasteiger partial charge in [-0.25, -0.2) is 4.98 Å². The highest BCUT2D eigenvalue weighted by atomic mass is 127. The molecular formula is C17H32IN5S. The van der Waals surface area contributed by atoms with E-state index in [4.69, 9.17) is 5.73 Å². The van der Waals surface area contributed by atoms with Crippen LogP contribution < -0.4 is 11.1 Å². The van der Waals surface area contributed by atoms with Crippen LogP contribution in [0.25, 0.3) is 0 Å². The van der Waals surface area contributed by atoms with E-state index in [1.807, 2.05) is 0 Å². The molecule has 0 atom stereocenters. The number of hydrogen-bond acceptors (Lipinski definition) is 4. The van der Waals surface area contributed by atoms with E-state index in [0.717, 1.165) is 44.2 Å². The first-order chi connectivity index (χ1) is 11.0. The Kier molecular flexibility index (Phi) is 10.1. The van der Waals surface area contributed by atoms with Crippen molar-refractivity contribution in [1.82, 2.24) is 15.2 Å². The van der Waals surface area contributed by atoms with Gasteiger partial charge in [-0.15, -0.1) is 35.3 Å². The number of nitrogens with zero attached hydrogens (tertiary/aromatic N) is 3. The predicted octanol–water partition coefficient (Wildman–Crippen LogP) is 3.23. The van der Waals surface area contributed by atoms with Crippen molar-refractivity contribution < 1.29 is 0 Å². The number of aromatic nitrogens is 1. The molecule has 1 saturated heterocycles. The number of nitrogens with two attached hydrogens (primary N) is 1. The number of rotatable bonds is 7. The van der Waals surface area contributed by atoms with E-state index in [0.29, 0.717) is 17.8 Å². The molecule has 0 aliphatic carbocycles. The number of likely N-dealkylation sites (tertiary alicyclic amines) is 1. The molecule has 0 amide bonds. The molecule has 3 N–H and O–H groups in total. The lowest BCUT2D eigenvalue weighted by atomic mass is 9.97. The zero-order valence-electron chi connectivity index (χ0n) is 15.1. The summed E-state index contributed by atoms with van der Waals surface area (Å²) in [5.74, 6) is 1.96. The van der Waals surface area contributed by atoms with Crippen LogP contribution in [0.1, 0.15) is 43.8 Å². The van der Waals surface area contributed by atoms with Gasteiger partial charge in [-0.05, 0) is 51.1 Å². The number of piperidine rings is 1. The van der Waals surface area contributed by atoms with Crippen LogP contribution in [0.5, 0.6) is 0 Å². The summed E-state index contributed by atoms with van der Waals surface area (Å²) in [6, 6.07) is 0. The van der Waals surface area contributed by atoms with Crippen molar-refractivity contribution in [3.63, 3.8) is 0 Å². The van der Waals surface area contributed by atoms with E-state index in [1.165, 1.54) is 18.5 Å². The molecule has 5 nitrogen and oxygen atoms in total. The summed E-state index contributed by atoms with van der Waals surface area (Å²) in [5.41, 5.74) is 7.14. The van der Waals surface area contributed by atoms with Crippen LogP contribution in [0.15, 0.2) is 10.4 Å². The predicted molar refractivity (Wildman–Crippen MR) is 114 cm³/mol. The van der Waals surface area contributed by atoms with Gasteiger partial charge in [0.15, 0.2) is 5.96 Å². The molecular weight excluding hydrogens is 433 g/mol. The van der Waals surface area contributed by atoms with Crippen LogP contribution >= 0.6 is 35.3 Å². The first kappa shape index (κ1) is 21.6. The third kappa shape index (κ3) is 8.11. The van der Waals surface area contributed by atoms with Gasteiger partial charge in [0.25, 0.3) is 0 Å². The molecule has 1 aliphatic rings. The molecule has 138 valence electrons. The Morgan fingerprint density at radius 2 is 2.17 bits per heavy atom. The highest BCUT2D eigenvalue weighted by molar-refractivity contribution is 14.0. The first-order valence-corrected chi connectivity index (χ1v) is 9.58. The van der Waals surface area contributed by atoms with Gasteiger partial charge < -0.3 is 11.1 Å². The maximum absolute atomic E-state index is 5.93. The minimum Gasteiger partial charge on any atom is -0.370 e. The molecule has 2 rings (SSSR count). The Hall–Kier alpha value is -0.410. The van der Waals surface area contributed by atoms with Gasteiger partial charge in [0, 0.05) is 25.0 Å². The molecule has 1 aromatic rings. The monoisotopic (exact) mass is 465 g/mol. The zero-order chi connectivity index (χ0) is 16.7. The number of thiazole rings is 1. The van der Waals surface area contributed by atoms with Gasteiger partial charge in [-0.2, -0.15) is 0 Å². The van der Waals surface area contributed by atoms with Crippen LogP contribution in [0, 0.1) is 18.8 Å². The maximum Gasteiger partial charge on any atom is 0.188 e. The van der Waals surface area contributed by atoms with Crippen LogP contribution in [-0.2, 0) is 6.54 Å². The fourth-order valence-corrected chi connectivity index (χ4v) is 3.41. The van der Waals surface area contributed by atoms with Gasteiger partial charge >= 0.3 is 0 Å². The SMILES string of the molecule is Cc1nc(CN2CCC(CN=C(N)NCCC(C)C)CC2)cs1.I. The summed E-state index contributed by atoms with van der Waals surface area (Å²) in [7, 11) is 0. The van der Waals surface area contributed by atoms with Gasteiger partial charge in [0.2, 0.25) is 0 Å². The standard InChI is InChI=1S/C17H31N5S.HI/c1-13(2)4-7-19-17(18)20-10-15-5-8-22(9-6-15)11-16-12-23-14(3)21-16;/h12-13,15H,4-11H2,1-3H3,(H3,18,19,20);1H. The van der Waals surface area contributed by atoms with Crippen LogP contribution in [0.4, 0.5) is 0 Å². The molecule has 0 spiro atoms. The molecule has 0 aromatic carbocycles. The normalized spacial score (nSPS) is 17.1. The molecule has 0 radical (unpaired) electrons. The van der Waals surface area contributed by atoms with Gasteiger partial charge in [-0.3, -0.25) is 9.89 Å². The summed E-state index contributed by atoms with van der Waals surface area (Å²) in [5, 5.41) is 6.54. The number of halogens is 1. The van der Waals surface area contributed by atoms with Crippen molar-refractivity contribution in [1.29, 1.82) is 0 Å². The maximum atomic E-state index is 5.93. The van der Waals surface area contributed by atoms with Crippen molar-refractivity contribution in [3.8, 4) is 0 Å².